The van der Waals surface area contributed by atoms with E-state index in [2.05, 4.69) is 18.7 Å². The predicted octanol–water partition coefficient (Wildman–Crippen LogP) is 4.24. The largest absolute Gasteiger partial charge is 0.490 e. The van der Waals surface area contributed by atoms with Crippen LogP contribution >= 0.6 is 11.6 Å². The van der Waals surface area contributed by atoms with Crippen LogP contribution in [0.4, 0.5) is 5.69 Å². The van der Waals surface area contributed by atoms with E-state index in [-0.39, 0.29) is 16.9 Å². The summed E-state index contributed by atoms with van der Waals surface area (Å²) in [4.78, 5) is 13.1. The SMILES string of the molecule is COc1ccc(CN(Cc2ccc(Cl)cc2)CC(C)(C)CN)cc1[N+](=O)[O-]. The van der Waals surface area contributed by atoms with Gasteiger partial charge in [0.2, 0.25) is 0 Å². The third-order valence-corrected chi connectivity index (χ3v) is 4.62. The number of nitro groups is 1. The fraction of sp³-hybridized carbons (Fsp3) is 0.400. The monoisotopic (exact) mass is 391 g/mol. The van der Waals surface area contributed by atoms with E-state index < -0.39 is 4.92 Å². The lowest BCUT2D eigenvalue weighted by Gasteiger charge is -2.32. The molecule has 6 nitrogen and oxygen atoms in total. The van der Waals surface area contributed by atoms with Crippen molar-refractivity contribution in [3.8, 4) is 5.75 Å². The minimum Gasteiger partial charge on any atom is -0.490 e. The Labute approximate surface area is 165 Å². The van der Waals surface area contributed by atoms with Gasteiger partial charge in [0.05, 0.1) is 12.0 Å². The van der Waals surface area contributed by atoms with Gasteiger partial charge in [0.1, 0.15) is 0 Å². The number of methoxy groups -OCH3 is 1. The summed E-state index contributed by atoms with van der Waals surface area (Å²) in [5.74, 6) is 0.260. The maximum atomic E-state index is 11.3. The Morgan fingerprint density at radius 2 is 1.74 bits per heavy atom. The Morgan fingerprint density at radius 3 is 2.30 bits per heavy atom. The number of halogens is 1. The molecule has 0 radical (unpaired) electrons. The Balaban J connectivity index is 2.26. The lowest BCUT2D eigenvalue weighted by Crippen LogP contribution is -2.38. The summed E-state index contributed by atoms with van der Waals surface area (Å²) in [6, 6.07) is 12.8. The van der Waals surface area contributed by atoms with Gasteiger partial charge in [-0.3, -0.25) is 15.0 Å². The van der Waals surface area contributed by atoms with E-state index in [9.17, 15) is 10.1 Å². The van der Waals surface area contributed by atoms with Gasteiger partial charge >= 0.3 is 5.69 Å². The highest BCUT2D eigenvalue weighted by Crippen LogP contribution is 2.29. The van der Waals surface area contributed by atoms with Gasteiger partial charge in [0, 0.05) is 30.7 Å². The number of ether oxygens (including phenoxy) is 1. The van der Waals surface area contributed by atoms with E-state index in [0.29, 0.717) is 24.7 Å². The molecule has 0 spiro atoms. The maximum absolute atomic E-state index is 11.3. The summed E-state index contributed by atoms with van der Waals surface area (Å²) in [6.45, 7) is 6.78. The molecular weight excluding hydrogens is 366 g/mol. The van der Waals surface area contributed by atoms with Crippen molar-refractivity contribution in [1.82, 2.24) is 4.90 Å². The quantitative estimate of drug-likeness (QED) is 0.510. The summed E-state index contributed by atoms with van der Waals surface area (Å²) < 4.78 is 5.09. The number of hydrogen-bond donors (Lipinski definition) is 1. The molecule has 146 valence electrons. The van der Waals surface area contributed by atoms with Gasteiger partial charge < -0.3 is 10.5 Å². The maximum Gasteiger partial charge on any atom is 0.311 e. The van der Waals surface area contributed by atoms with E-state index in [1.807, 2.05) is 30.3 Å². The molecule has 0 aliphatic carbocycles. The van der Waals surface area contributed by atoms with Crippen LogP contribution in [0.1, 0.15) is 25.0 Å². The number of nitrogens with zero attached hydrogens (tertiary/aromatic N) is 2. The highest BCUT2D eigenvalue weighted by molar-refractivity contribution is 6.30. The Bertz CT molecular complexity index is 779. The molecule has 27 heavy (non-hydrogen) atoms. The third-order valence-electron chi connectivity index (χ3n) is 4.37. The first-order chi connectivity index (χ1) is 12.7. The van der Waals surface area contributed by atoms with E-state index in [0.717, 1.165) is 17.7 Å². The zero-order valence-electron chi connectivity index (χ0n) is 15.9. The number of benzene rings is 2. The molecule has 0 aliphatic rings. The van der Waals surface area contributed by atoms with E-state index >= 15 is 0 Å². The van der Waals surface area contributed by atoms with E-state index in [1.165, 1.54) is 7.11 Å². The highest BCUT2D eigenvalue weighted by atomic mass is 35.5. The van der Waals surface area contributed by atoms with Crippen molar-refractivity contribution in [2.24, 2.45) is 11.1 Å². The smallest absolute Gasteiger partial charge is 0.311 e. The summed E-state index contributed by atoms with van der Waals surface area (Å²) in [5, 5.41) is 12.0. The average molecular weight is 392 g/mol. The van der Waals surface area contributed by atoms with Crippen molar-refractivity contribution < 1.29 is 9.66 Å². The van der Waals surface area contributed by atoms with Crippen molar-refractivity contribution in [2.45, 2.75) is 26.9 Å². The van der Waals surface area contributed by atoms with Gasteiger partial charge in [0.25, 0.3) is 0 Å². The van der Waals surface area contributed by atoms with Crippen molar-refractivity contribution in [2.75, 3.05) is 20.2 Å². The molecule has 0 aliphatic heterocycles. The molecule has 0 saturated heterocycles. The van der Waals surface area contributed by atoms with Crippen LogP contribution < -0.4 is 10.5 Å². The number of nitro benzene ring substituents is 1. The molecular formula is C20H26ClN3O3. The van der Waals surface area contributed by atoms with Crippen molar-refractivity contribution in [3.63, 3.8) is 0 Å². The summed E-state index contributed by atoms with van der Waals surface area (Å²) in [6.07, 6.45) is 0. The molecule has 2 rings (SSSR count). The first-order valence-corrected chi connectivity index (χ1v) is 9.10. The highest BCUT2D eigenvalue weighted by Gasteiger charge is 2.22. The normalized spacial score (nSPS) is 11.6. The fourth-order valence-electron chi connectivity index (χ4n) is 2.92. The third kappa shape index (κ3) is 6.20. The summed E-state index contributed by atoms with van der Waals surface area (Å²) >= 11 is 5.98. The summed E-state index contributed by atoms with van der Waals surface area (Å²) in [5.41, 5.74) is 7.78. The second-order valence-corrected chi connectivity index (χ2v) is 7.84. The molecule has 0 unspecified atom stereocenters. The molecule has 0 fully saturated rings. The van der Waals surface area contributed by atoms with Crippen LogP contribution in [0.25, 0.3) is 0 Å². The van der Waals surface area contributed by atoms with Crippen LogP contribution in [-0.4, -0.2) is 30.0 Å². The fourth-order valence-corrected chi connectivity index (χ4v) is 3.05. The van der Waals surface area contributed by atoms with E-state index in [1.54, 1.807) is 12.1 Å². The topological polar surface area (TPSA) is 81.6 Å². The van der Waals surface area contributed by atoms with Crippen molar-refractivity contribution in [3.05, 3.63) is 68.7 Å². The predicted molar refractivity (Wildman–Crippen MR) is 108 cm³/mol. The van der Waals surface area contributed by atoms with Crippen LogP contribution in [0.15, 0.2) is 42.5 Å². The number of rotatable bonds is 9. The Hall–Kier alpha value is -2.15. The molecule has 0 heterocycles. The molecule has 2 N–H and O–H groups in total. The first kappa shape index (κ1) is 21.2. The molecule has 0 bridgehead atoms. The number of nitrogens with two attached hydrogens (primary N) is 1. The van der Waals surface area contributed by atoms with Crippen molar-refractivity contribution >= 4 is 17.3 Å². The minimum atomic E-state index is -0.421. The molecule has 0 aromatic heterocycles. The van der Waals surface area contributed by atoms with Gasteiger partial charge in [-0.15, -0.1) is 0 Å². The van der Waals surface area contributed by atoms with Crippen LogP contribution in [0.2, 0.25) is 5.02 Å². The number of hydrogen-bond acceptors (Lipinski definition) is 5. The van der Waals surface area contributed by atoms with Gasteiger partial charge in [-0.1, -0.05) is 43.6 Å². The zero-order chi connectivity index (χ0) is 20.0. The minimum absolute atomic E-state index is 0.0282. The molecule has 7 heteroatoms. The average Bonchev–Trinajstić information content (AvgIpc) is 2.63. The lowest BCUT2D eigenvalue weighted by atomic mass is 9.92. The zero-order valence-corrected chi connectivity index (χ0v) is 16.7. The van der Waals surface area contributed by atoms with Crippen LogP contribution in [0.5, 0.6) is 5.75 Å². The van der Waals surface area contributed by atoms with E-state index in [4.69, 9.17) is 22.1 Å². The molecule has 2 aromatic rings. The standard InChI is InChI=1S/C20H26ClN3O3/c1-20(2,13-22)14-23(11-15-4-7-17(21)8-5-15)12-16-6-9-19(27-3)18(10-16)24(25)26/h4-10H,11-14,22H2,1-3H3. The second-order valence-electron chi connectivity index (χ2n) is 7.40. The Kier molecular flexibility index (Phi) is 7.18. The van der Waals surface area contributed by atoms with Crippen LogP contribution in [-0.2, 0) is 13.1 Å². The van der Waals surface area contributed by atoms with Gasteiger partial charge in [-0.2, -0.15) is 0 Å². The molecule has 0 amide bonds. The first-order valence-electron chi connectivity index (χ1n) is 8.72. The molecule has 0 atom stereocenters. The summed E-state index contributed by atoms with van der Waals surface area (Å²) in [7, 11) is 1.43. The molecule has 2 aromatic carbocycles. The second kappa shape index (κ2) is 9.17. The van der Waals surface area contributed by atoms with Crippen molar-refractivity contribution in [1.29, 1.82) is 0 Å². The lowest BCUT2D eigenvalue weighted by molar-refractivity contribution is -0.385. The Morgan fingerprint density at radius 1 is 1.15 bits per heavy atom. The van der Waals surface area contributed by atoms with Crippen LogP contribution in [0, 0.1) is 15.5 Å². The van der Waals surface area contributed by atoms with Gasteiger partial charge in [0.15, 0.2) is 5.75 Å². The van der Waals surface area contributed by atoms with Gasteiger partial charge in [-0.25, -0.2) is 0 Å². The van der Waals surface area contributed by atoms with Crippen LogP contribution in [0.3, 0.4) is 0 Å². The van der Waals surface area contributed by atoms with Gasteiger partial charge in [-0.05, 0) is 41.3 Å². The molecule has 0 saturated carbocycles.